The molecule has 1 fully saturated rings. The molecule has 1 heterocycles. The third kappa shape index (κ3) is 5.99. The molecule has 1 unspecified atom stereocenters. The van der Waals surface area contributed by atoms with Crippen molar-refractivity contribution in [2.75, 3.05) is 25.5 Å². The predicted molar refractivity (Wildman–Crippen MR) is 127 cm³/mol. The molecule has 32 heavy (non-hydrogen) atoms. The predicted octanol–water partition coefficient (Wildman–Crippen LogP) is 3.25. The highest BCUT2D eigenvalue weighted by Gasteiger charge is 2.39. The Morgan fingerprint density at radius 2 is 1.88 bits per heavy atom. The number of guanidine groups is 1. The maximum absolute atomic E-state index is 13.0. The lowest BCUT2D eigenvalue weighted by atomic mass is 9.71. The van der Waals surface area contributed by atoms with E-state index >= 15 is 0 Å². The fourth-order valence-electron chi connectivity index (χ4n) is 4.12. The average molecular weight is 457 g/mol. The number of hydrazine groups is 1. The first-order chi connectivity index (χ1) is 15.5. The van der Waals surface area contributed by atoms with Gasteiger partial charge in [0.05, 0.1) is 0 Å². The monoisotopic (exact) mass is 456 g/mol. The van der Waals surface area contributed by atoms with Crippen molar-refractivity contribution in [3.05, 3.63) is 65.2 Å². The highest BCUT2D eigenvalue weighted by Crippen LogP contribution is 2.38. The van der Waals surface area contributed by atoms with E-state index in [0.717, 1.165) is 18.4 Å². The minimum atomic E-state index is -0.326. The van der Waals surface area contributed by atoms with Crippen LogP contribution in [0.4, 0.5) is 10.5 Å². The number of nitrogens with one attached hydrogen (secondary N) is 3. The third-order valence-electron chi connectivity index (χ3n) is 5.79. The molecule has 1 saturated heterocycles. The molecule has 8 nitrogen and oxygen atoms in total. The van der Waals surface area contributed by atoms with E-state index in [9.17, 15) is 9.59 Å². The van der Waals surface area contributed by atoms with Crippen LogP contribution in [0.5, 0.6) is 0 Å². The number of amides is 3. The van der Waals surface area contributed by atoms with Gasteiger partial charge >= 0.3 is 6.03 Å². The van der Waals surface area contributed by atoms with Crippen molar-refractivity contribution < 1.29 is 9.59 Å². The van der Waals surface area contributed by atoms with Gasteiger partial charge in [0.1, 0.15) is 0 Å². The Balaban J connectivity index is 1.75. The first kappa shape index (κ1) is 23.6. The molecule has 0 aliphatic carbocycles. The summed E-state index contributed by atoms with van der Waals surface area (Å²) in [5, 5.41) is 6.23. The number of rotatable bonds is 5. The van der Waals surface area contributed by atoms with E-state index in [4.69, 9.17) is 17.4 Å². The van der Waals surface area contributed by atoms with Gasteiger partial charge in [-0.3, -0.25) is 20.5 Å². The highest BCUT2D eigenvalue weighted by atomic mass is 35.5. The van der Waals surface area contributed by atoms with Crippen LogP contribution in [-0.4, -0.2) is 42.9 Å². The van der Waals surface area contributed by atoms with Crippen molar-refractivity contribution in [2.45, 2.75) is 31.1 Å². The summed E-state index contributed by atoms with van der Waals surface area (Å²) in [6.07, 6.45) is 2.60. The molecular weight excluding hydrogens is 428 g/mol. The number of carbonyl (C=O) groups is 2. The van der Waals surface area contributed by atoms with Crippen molar-refractivity contribution in [1.29, 1.82) is 0 Å². The number of hydrogen-bond acceptors (Lipinski definition) is 4. The molecule has 1 aliphatic heterocycles. The number of halogens is 1. The SMILES string of the molecule is C/N=C(\NN)NC(=O)CCC1(c2ccccc2)CCCN(C(=O)Nc2ccc(Cl)cc2)C1. The van der Waals surface area contributed by atoms with E-state index in [2.05, 4.69) is 33.2 Å². The Hall–Kier alpha value is -3.10. The van der Waals surface area contributed by atoms with Gasteiger partial charge in [-0.2, -0.15) is 0 Å². The fraction of sp³-hybridized carbons (Fsp3) is 0.348. The van der Waals surface area contributed by atoms with Gasteiger partial charge in [0.25, 0.3) is 0 Å². The summed E-state index contributed by atoms with van der Waals surface area (Å²) in [7, 11) is 1.54. The van der Waals surface area contributed by atoms with Crippen molar-refractivity contribution in [3.63, 3.8) is 0 Å². The molecule has 1 aliphatic rings. The van der Waals surface area contributed by atoms with Crippen LogP contribution < -0.4 is 21.9 Å². The number of nitrogens with zero attached hydrogens (tertiary/aromatic N) is 2. The standard InChI is InChI=1S/C23H29ClN6O2/c1-26-21(29-25)28-20(31)12-14-23(17-6-3-2-4-7-17)13-5-15-30(16-23)22(32)27-19-10-8-18(24)9-11-19/h2-4,6-11H,5,12-16,25H2,1H3,(H,27,32)(H2,26,28,29,31). The topological polar surface area (TPSA) is 112 Å². The zero-order chi connectivity index (χ0) is 23.0. The first-order valence-electron chi connectivity index (χ1n) is 10.6. The molecule has 0 bridgehead atoms. The smallest absolute Gasteiger partial charge is 0.321 e. The van der Waals surface area contributed by atoms with E-state index in [1.165, 1.54) is 0 Å². The summed E-state index contributed by atoms with van der Waals surface area (Å²) in [5.74, 6) is 5.40. The second-order valence-electron chi connectivity index (χ2n) is 7.87. The van der Waals surface area contributed by atoms with Crippen LogP contribution in [0.2, 0.25) is 5.02 Å². The highest BCUT2D eigenvalue weighted by molar-refractivity contribution is 6.30. The second-order valence-corrected chi connectivity index (χ2v) is 8.31. The van der Waals surface area contributed by atoms with Crippen LogP contribution in [0.15, 0.2) is 59.6 Å². The molecule has 2 aromatic rings. The molecule has 170 valence electrons. The van der Waals surface area contributed by atoms with Gasteiger partial charge in [0.2, 0.25) is 11.9 Å². The van der Waals surface area contributed by atoms with Gasteiger partial charge in [-0.15, -0.1) is 0 Å². The molecule has 3 rings (SSSR count). The zero-order valence-electron chi connectivity index (χ0n) is 18.1. The van der Waals surface area contributed by atoms with Crippen molar-refractivity contribution >= 4 is 35.2 Å². The van der Waals surface area contributed by atoms with Gasteiger partial charge in [-0.1, -0.05) is 41.9 Å². The largest absolute Gasteiger partial charge is 0.324 e. The number of anilines is 1. The van der Waals surface area contributed by atoms with Crippen molar-refractivity contribution in [1.82, 2.24) is 15.6 Å². The van der Waals surface area contributed by atoms with Crippen LogP contribution in [-0.2, 0) is 10.2 Å². The molecule has 0 aromatic heterocycles. The van der Waals surface area contributed by atoms with Gasteiger partial charge < -0.3 is 10.2 Å². The van der Waals surface area contributed by atoms with Crippen LogP contribution in [0.1, 0.15) is 31.2 Å². The molecule has 1 atom stereocenters. The molecule has 2 aromatic carbocycles. The number of urea groups is 1. The summed E-state index contributed by atoms with van der Waals surface area (Å²) in [6.45, 7) is 1.18. The fourth-order valence-corrected chi connectivity index (χ4v) is 4.25. The van der Waals surface area contributed by atoms with E-state index in [1.807, 2.05) is 23.1 Å². The number of nitrogens with two attached hydrogens (primary N) is 1. The van der Waals surface area contributed by atoms with Crippen LogP contribution in [0, 0.1) is 0 Å². The summed E-state index contributed by atoms with van der Waals surface area (Å²) in [5.41, 5.74) is 3.85. The molecule has 0 radical (unpaired) electrons. The molecule has 9 heteroatoms. The van der Waals surface area contributed by atoms with Gasteiger partial charge in [-0.05, 0) is 49.1 Å². The summed E-state index contributed by atoms with van der Waals surface area (Å²) >= 11 is 5.94. The maximum atomic E-state index is 13.0. The molecule has 0 saturated carbocycles. The van der Waals surface area contributed by atoms with E-state index in [0.29, 0.717) is 30.2 Å². The molecular formula is C23H29ClN6O2. The summed E-state index contributed by atoms with van der Waals surface area (Å²) < 4.78 is 0. The van der Waals surface area contributed by atoms with Crippen LogP contribution >= 0.6 is 11.6 Å². The van der Waals surface area contributed by atoms with Crippen LogP contribution in [0.3, 0.4) is 0 Å². The molecule has 5 N–H and O–H groups in total. The van der Waals surface area contributed by atoms with Crippen molar-refractivity contribution in [3.8, 4) is 0 Å². The Kier molecular flexibility index (Phi) is 8.08. The minimum Gasteiger partial charge on any atom is -0.324 e. The van der Waals surface area contributed by atoms with E-state index in [1.54, 1.807) is 31.3 Å². The Bertz CT molecular complexity index is 951. The van der Waals surface area contributed by atoms with E-state index in [-0.39, 0.29) is 29.7 Å². The third-order valence-corrected chi connectivity index (χ3v) is 6.05. The number of piperidine rings is 1. The number of likely N-dealkylation sites (tertiary alicyclic amines) is 1. The zero-order valence-corrected chi connectivity index (χ0v) is 18.9. The van der Waals surface area contributed by atoms with Gasteiger partial charge in [-0.25, -0.2) is 10.6 Å². The van der Waals surface area contributed by atoms with Gasteiger partial charge in [0.15, 0.2) is 0 Å². The van der Waals surface area contributed by atoms with Gasteiger partial charge in [0, 0.05) is 42.7 Å². The maximum Gasteiger partial charge on any atom is 0.321 e. The summed E-state index contributed by atoms with van der Waals surface area (Å²) in [6, 6.07) is 17.0. The lowest BCUT2D eigenvalue weighted by molar-refractivity contribution is -0.120. The average Bonchev–Trinajstić information content (AvgIpc) is 2.83. The van der Waals surface area contributed by atoms with Crippen molar-refractivity contribution in [2.24, 2.45) is 10.8 Å². The number of hydrogen-bond donors (Lipinski definition) is 4. The quantitative estimate of drug-likeness (QED) is 0.239. The van der Waals surface area contributed by atoms with Crippen LogP contribution in [0.25, 0.3) is 0 Å². The Labute approximate surface area is 193 Å². The Morgan fingerprint density at radius 3 is 2.53 bits per heavy atom. The molecule has 0 spiro atoms. The normalized spacial score (nSPS) is 18.7. The lowest BCUT2D eigenvalue weighted by Crippen LogP contribution is -2.50. The number of carbonyl (C=O) groups excluding carboxylic acids is 2. The minimum absolute atomic E-state index is 0.162. The number of aliphatic imine (C=N–C) groups is 1. The molecule has 3 amide bonds. The first-order valence-corrected chi connectivity index (χ1v) is 10.9. The Morgan fingerprint density at radius 1 is 1.16 bits per heavy atom. The summed E-state index contributed by atoms with van der Waals surface area (Å²) in [4.78, 5) is 31.2. The lowest BCUT2D eigenvalue weighted by Gasteiger charge is -2.43. The second kappa shape index (κ2) is 11.0. The van der Waals surface area contributed by atoms with E-state index < -0.39 is 0 Å². The number of benzene rings is 2.